The molecule has 1 aromatic rings. The van der Waals surface area contributed by atoms with E-state index in [0.717, 1.165) is 44.3 Å². The Morgan fingerprint density at radius 1 is 1.39 bits per heavy atom. The number of benzene rings is 1. The maximum absolute atomic E-state index is 12.4. The Kier molecular flexibility index (Phi) is 4.71. The second-order valence-corrected chi connectivity index (χ2v) is 4.89. The molecular weight excluding hydrogens is 222 g/mol. The fourth-order valence-corrected chi connectivity index (χ4v) is 2.54. The topological polar surface area (TPSA) is 29.1 Å². The molecule has 1 N–H and O–H groups in total. The average Bonchev–Trinajstić information content (AvgIpc) is 2.56. The lowest BCUT2D eigenvalue weighted by molar-refractivity contribution is 0.0915. The molecule has 0 spiro atoms. The van der Waals surface area contributed by atoms with Crippen molar-refractivity contribution in [1.29, 1.82) is 0 Å². The van der Waals surface area contributed by atoms with Crippen LogP contribution < -0.4 is 5.32 Å². The first kappa shape index (κ1) is 13.0. The van der Waals surface area contributed by atoms with Crippen molar-refractivity contribution >= 4 is 5.78 Å². The number of aryl methyl sites for hydroxylation is 1. The smallest absolute Gasteiger partial charge is 0.167 e. The molecule has 2 nitrogen and oxygen atoms in total. The van der Waals surface area contributed by atoms with E-state index in [1.54, 1.807) is 0 Å². The van der Waals surface area contributed by atoms with Gasteiger partial charge in [-0.15, -0.1) is 6.58 Å². The van der Waals surface area contributed by atoms with Gasteiger partial charge in [0, 0.05) is 18.0 Å². The van der Waals surface area contributed by atoms with Gasteiger partial charge in [-0.3, -0.25) is 4.79 Å². The van der Waals surface area contributed by atoms with Crippen LogP contribution in [0.5, 0.6) is 0 Å². The lowest BCUT2D eigenvalue weighted by atomic mass is 9.95. The summed E-state index contributed by atoms with van der Waals surface area (Å²) in [4.78, 5) is 12.4. The second kappa shape index (κ2) is 6.50. The van der Waals surface area contributed by atoms with Gasteiger partial charge in [0.2, 0.25) is 0 Å². The van der Waals surface area contributed by atoms with Gasteiger partial charge in [-0.2, -0.15) is 0 Å². The molecule has 0 heterocycles. The van der Waals surface area contributed by atoms with Crippen LogP contribution in [0.1, 0.15) is 35.2 Å². The fourth-order valence-electron chi connectivity index (χ4n) is 2.54. The molecule has 18 heavy (non-hydrogen) atoms. The van der Waals surface area contributed by atoms with E-state index in [1.807, 2.05) is 24.3 Å². The summed E-state index contributed by atoms with van der Waals surface area (Å²) in [6.07, 6.45) is 5.99. The van der Waals surface area contributed by atoms with Gasteiger partial charge in [-0.1, -0.05) is 30.3 Å². The summed E-state index contributed by atoms with van der Waals surface area (Å²) in [5.74, 6) is 0.452. The van der Waals surface area contributed by atoms with Crippen molar-refractivity contribution in [2.75, 3.05) is 13.1 Å². The normalized spacial score (nSPS) is 19.1. The largest absolute Gasteiger partial charge is 0.316 e. The van der Waals surface area contributed by atoms with Gasteiger partial charge in [-0.25, -0.2) is 0 Å². The molecule has 1 aliphatic carbocycles. The third-order valence-electron chi connectivity index (χ3n) is 3.57. The van der Waals surface area contributed by atoms with E-state index < -0.39 is 0 Å². The summed E-state index contributed by atoms with van der Waals surface area (Å²) in [7, 11) is 0. The lowest BCUT2D eigenvalue weighted by Gasteiger charge is -2.14. The van der Waals surface area contributed by atoms with Crippen LogP contribution in [0, 0.1) is 5.92 Å². The molecule has 1 unspecified atom stereocenters. The highest BCUT2D eigenvalue weighted by molar-refractivity contribution is 5.99. The van der Waals surface area contributed by atoms with E-state index >= 15 is 0 Å². The maximum Gasteiger partial charge on any atom is 0.167 e. The van der Waals surface area contributed by atoms with Crippen molar-refractivity contribution in [1.82, 2.24) is 5.32 Å². The first-order valence-electron chi connectivity index (χ1n) is 6.76. The van der Waals surface area contributed by atoms with E-state index in [9.17, 15) is 4.79 Å². The molecule has 0 aliphatic heterocycles. The number of nitrogens with one attached hydrogen (secondary N) is 1. The molecule has 0 radical (unpaired) electrons. The maximum atomic E-state index is 12.4. The molecule has 0 aromatic heterocycles. The molecular formula is C16H21NO. The number of Topliss-reactive ketones (excluding diaryl/α,β-unsaturated/α-hetero) is 1. The van der Waals surface area contributed by atoms with Gasteiger partial charge in [-0.05, 0) is 37.8 Å². The van der Waals surface area contributed by atoms with Crippen LogP contribution in [0.2, 0.25) is 0 Å². The quantitative estimate of drug-likeness (QED) is 0.489. The highest BCUT2D eigenvalue weighted by Gasteiger charge is 2.24. The standard InChI is InChI=1S/C16H21NO/c1-2-3-11-17-12-14-9-6-8-13-7-4-5-10-15(13)16(14)18/h2,4-5,7,10,14,17H,1,3,6,8-9,11-12H2. The highest BCUT2D eigenvalue weighted by atomic mass is 16.1. The Hall–Kier alpha value is -1.41. The number of hydrogen-bond acceptors (Lipinski definition) is 2. The minimum atomic E-state index is 0.137. The number of carbonyl (C=O) groups excluding carboxylic acids is 1. The van der Waals surface area contributed by atoms with Gasteiger partial charge in [0.1, 0.15) is 0 Å². The van der Waals surface area contributed by atoms with Gasteiger partial charge < -0.3 is 5.32 Å². The zero-order valence-electron chi connectivity index (χ0n) is 10.8. The Bertz CT molecular complexity index is 425. The van der Waals surface area contributed by atoms with Crippen LogP contribution in [-0.4, -0.2) is 18.9 Å². The number of ketones is 1. The molecule has 0 fully saturated rings. The fraction of sp³-hybridized carbons (Fsp3) is 0.438. The van der Waals surface area contributed by atoms with Gasteiger partial charge in [0.25, 0.3) is 0 Å². The SMILES string of the molecule is C=CCCNCC1CCCc2ccccc2C1=O. The third kappa shape index (κ3) is 3.08. The Morgan fingerprint density at radius 3 is 3.06 bits per heavy atom. The summed E-state index contributed by atoms with van der Waals surface area (Å²) in [5.41, 5.74) is 2.15. The molecule has 0 saturated carbocycles. The number of rotatable bonds is 5. The van der Waals surface area contributed by atoms with Crippen LogP contribution in [0.15, 0.2) is 36.9 Å². The van der Waals surface area contributed by atoms with Crippen molar-refractivity contribution in [2.45, 2.75) is 25.7 Å². The van der Waals surface area contributed by atoms with Crippen molar-refractivity contribution in [3.63, 3.8) is 0 Å². The van der Waals surface area contributed by atoms with E-state index in [-0.39, 0.29) is 5.92 Å². The molecule has 2 heteroatoms. The predicted octanol–water partition coefficient (Wildman–Crippen LogP) is 2.99. The molecule has 1 aliphatic rings. The Morgan fingerprint density at radius 2 is 2.22 bits per heavy atom. The Labute approximate surface area is 109 Å². The third-order valence-corrected chi connectivity index (χ3v) is 3.57. The molecule has 1 aromatic carbocycles. The van der Waals surface area contributed by atoms with E-state index in [4.69, 9.17) is 0 Å². The summed E-state index contributed by atoms with van der Waals surface area (Å²) in [6.45, 7) is 5.40. The first-order valence-corrected chi connectivity index (χ1v) is 6.76. The molecule has 1 atom stereocenters. The summed E-state index contributed by atoms with van der Waals surface area (Å²) in [5, 5.41) is 3.35. The van der Waals surface area contributed by atoms with Crippen LogP contribution in [0.3, 0.4) is 0 Å². The van der Waals surface area contributed by atoms with Crippen molar-refractivity contribution in [2.24, 2.45) is 5.92 Å². The minimum absolute atomic E-state index is 0.137. The second-order valence-electron chi connectivity index (χ2n) is 4.89. The average molecular weight is 243 g/mol. The number of hydrogen-bond donors (Lipinski definition) is 1. The highest BCUT2D eigenvalue weighted by Crippen LogP contribution is 2.24. The van der Waals surface area contributed by atoms with Gasteiger partial charge >= 0.3 is 0 Å². The predicted molar refractivity (Wildman–Crippen MR) is 74.9 cm³/mol. The summed E-state index contributed by atoms with van der Waals surface area (Å²) in [6, 6.07) is 8.04. The monoisotopic (exact) mass is 243 g/mol. The summed E-state index contributed by atoms with van der Waals surface area (Å²) >= 11 is 0. The van der Waals surface area contributed by atoms with Crippen LogP contribution in [-0.2, 0) is 6.42 Å². The van der Waals surface area contributed by atoms with Crippen LogP contribution in [0.4, 0.5) is 0 Å². The van der Waals surface area contributed by atoms with E-state index in [1.165, 1.54) is 5.56 Å². The lowest BCUT2D eigenvalue weighted by Crippen LogP contribution is -2.28. The zero-order valence-corrected chi connectivity index (χ0v) is 10.8. The van der Waals surface area contributed by atoms with Gasteiger partial charge in [0.05, 0.1) is 0 Å². The van der Waals surface area contributed by atoms with Crippen LogP contribution >= 0.6 is 0 Å². The summed E-state index contributed by atoms with van der Waals surface area (Å²) < 4.78 is 0. The zero-order chi connectivity index (χ0) is 12.8. The minimum Gasteiger partial charge on any atom is -0.316 e. The van der Waals surface area contributed by atoms with Crippen molar-refractivity contribution in [3.8, 4) is 0 Å². The molecule has 0 bridgehead atoms. The molecule has 0 saturated heterocycles. The number of fused-ring (bicyclic) bond motifs is 1. The van der Waals surface area contributed by atoms with Gasteiger partial charge in [0.15, 0.2) is 5.78 Å². The first-order chi connectivity index (χ1) is 8.83. The number of carbonyl (C=O) groups is 1. The van der Waals surface area contributed by atoms with Crippen molar-refractivity contribution < 1.29 is 4.79 Å². The Balaban J connectivity index is 2.01. The van der Waals surface area contributed by atoms with E-state index in [0.29, 0.717) is 5.78 Å². The van der Waals surface area contributed by atoms with E-state index in [2.05, 4.69) is 18.0 Å². The molecule has 96 valence electrons. The molecule has 0 amide bonds. The molecule has 2 rings (SSSR count). The van der Waals surface area contributed by atoms with Crippen molar-refractivity contribution in [3.05, 3.63) is 48.0 Å². The van der Waals surface area contributed by atoms with Crippen LogP contribution in [0.25, 0.3) is 0 Å².